The van der Waals surface area contributed by atoms with Gasteiger partial charge >= 0.3 is 0 Å². The molecule has 0 heterocycles. The lowest BCUT2D eigenvalue weighted by Gasteiger charge is -2.31. The average Bonchev–Trinajstić information content (AvgIpc) is 2.73. The van der Waals surface area contributed by atoms with Gasteiger partial charge in [-0.25, -0.2) is 0 Å². The average molecular weight is 415 g/mol. The Morgan fingerprint density at radius 2 is 1.66 bits per heavy atom. The summed E-state index contributed by atoms with van der Waals surface area (Å²) < 4.78 is 0. The molecule has 4 nitrogen and oxygen atoms in total. The second-order valence-electron chi connectivity index (χ2n) is 7.21. The van der Waals surface area contributed by atoms with E-state index in [1.54, 1.807) is 4.90 Å². The lowest BCUT2D eigenvalue weighted by molar-refractivity contribution is -0.141. The van der Waals surface area contributed by atoms with Crippen LogP contribution in [0.25, 0.3) is 0 Å². The van der Waals surface area contributed by atoms with Gasteiger partial charge < -0.3 is 10.2 Å². The van der Waals surface area contributed by atoms with Crippen LogP contribution in [0.1, 0.15) is 63.1 Å². The maximum atomic E-state index is 13.2. The molecular weight excluding hydrogens is 384 g/mol. The molecule has 5 heteroatoms. The first-order chi connectivity index (χ1) is 14.1. The molecule has 0 aliphatic rings. The van der Waals surface area contributed by atoms with E-state index in [0.29, 0.717) is 24.5 Å². The number of halogens is 1. The first-order valence-electron chi connectivity index (χ1n) is 10.4. The van der Waals surface area contributed by atoms with Crippen LogP contribution in [-0.2, 0) is 16.1 Å². The van der Waals surface area contributed by atoms with Crippen LogP contribution in [0.4, 0.5) is 0 Å². The zero-order valence-electron chi connectivity index (χ0n) is 17.4. The fourth-order valence-corrected chi connectivity index (χ4v) is 3.38. The first kappa shape index (κ1) is 23.0. The smallest absolute Gasteiger partial charge is 0.247 e. The predicted octanol–water partition coefficient (Wildman–Crippen LogP) is 5.52. The van der Waals surface area contributed by atoms with Crippen LogP contribution in [0.5, 0.6) is 0 Å². The van der Waals surface area contributed by atoms with E-state index in [4.69, 9.17) is 11.6 Å². The maximum absolute atomic E-state index is 13.2. The Balaban J connectivity index is 2.32. The fraction of sp³-hybridized carbons (Fsp3) is 0.417. The summed E-state index contributed by atoms with van der Waals surface area (Å²) in [6, 6.07) is 16.3. The van der Waals surface area contributed by atoms with Crippen LogP contribution in [0.2, 0.25) is 5.02 Å². The number of benzene rings is 2. The van der Waals surface area contributed by atoms with Crippen LogP contribution < -0.4 is 5.32 Å². The number of hydrogen-bond donors (Lipinski definition) is 1. The molecule has 0 aliphatic heterocycles. The molecule has 2 aromatic carbocycles. The second-order valence-corrected chi connectivity index (χ2v) is 7.65. The Hall–Kier alpha value is -2.33. The molecule has 156 valence electrons. The van der Waals surface area contributed by atoms with Crippen molar-refractivity contribution in [3.05, 3.63) is 70.7 Å². The highest BCUT2D eigenvalue weighted by Crippen LogP contribution is 2.25. The number of rotatable bonds is 11. The van der Waals surface area contributed by atoms with Gasteiger partial charge in [-0.15, -0.1) is 0 Å². The van der Waals surface area contributed by atoms with E-state index in [2.05, 4.69) is 12.2 Å². The monoisotopic (exact) mass is 414 g/mol. The van der Waals surface area contributed by atoms with Crippen molar-refractivity contribution < 1.29 is 9.59 Å². The van der Waals surface area contributed by atoms with Crippen molar-refractivity contribution in [2.45, 2.75) is 58.5 Å². The minimum absolute atomic E-state index is 0.0278. The molecule has 2 amide bonds. The van der Waals surface area contributed by atoms with E-state index < -0.39 is 6.04 Å². The molecule has 2 rings (SSSR count). The predicted molar refractivity (Wildman–Crippen MR) is 119 cm³/mol. The van der Waals surface area contributed by atoms with Crippen molar-refractivity contribution in [3.63, 3.8) is 0 Å². The zero-order chi connectivity index (χ0) is 21.1. The maximum Gasteiger partial charge on any atom is 0.247 e. The van der Waals surface area contributed by atoms with Crippen molar-refractivity contribution in [2.75, 3.05) is 6.54 Å². The van der Waals surface area contributed by atoms with E-state index in [1.807, 2.05) is 61.5 Å². The zero-order valence-corrected chi connectivity index (χ0v) is 18.1. The van der Waals surface area contributed by atoms with Gasteiger partial charge in [0, 0.05) is 24.5 Å². The van der Waals surface area contributed by atoms with Crippen LogP contribution in [0.3, 0.4) is 0 Å². The van der Waals surface area contributed by atoms with Gasteiger partial charge in [0.1, 0.15) is 6.04 Å². The lowest BCUT2D eigenvalue weighted by atomic mass is 10.0. The van der Waals surface area contributed by atoms with Crippen molar-refractivity contribution in [1.82, 2.24) is 10.2 Å². The second kappa shape index (κ2) is 12.3. The summed E-state index contributed by atoms with van der Waals surface area (Å²) in [5.41, 5.74) is 1.76. The molecule has 0 spiro atoms. The van der Waals surface area contributed by atoms with E-state index in [0.717, 1.165) is 36.8 Å². The molecule has 0 radical (unpaired) electrons. The normalized spacial score (nSPS) is 11.7. The van der Waals surface area contributed by atoms with Crippen molar-refractivity contribution in [1.29, 1.82) is 0 Å². The molecule has 0 fully saturated rings. The molecule has 29 heavy (non-hydrogen) atoms. The van der Waals surface area contributed by atoms with Crippen LogP contribution in [0.15, 0.2) is 54.6 Å². The van der Waals surface area contributed by atoms with Crippen molar-refractivity contribution >= 4 is 23.4 Å². The van der Waals surface area contributed by atoms with Crippen LogP contribution in [-0.4, -0.2) is 23.3 Å². The van der Waals surface area contributed by atoms with Crippen molar-refractivity contribution in [2.24, 2.45) is 0 Å². The van der Waals surface area contributed by atoms with Gasteiger partial charge in [-0.2, -0.15) is 0 Å². The standard InChI is InChI=1S/C24H31ClN2O2/c1-3-5-9-17-26-24(29)23(20-11-7-6-8-12-20)27(22(28)10-4-2)18-19-13-15-21(25)16-14-19/h6-8,11-16,23H,3-5,9-10,17-18H2,1-2H3,(H,26,29)/t23-/m1/s1. The Kier molecular flexibility index (Phi) is 9.72. The molecule has 0 saturated carbocycles. The van der Waals surface area contributed by atoms with Gasteiger partial charge in [0.25, 0.3) is 0 Å². The number of nitrogens with one attached hydrogen (secondary N) is 1. The van der Waals surface area contributed by atoms with Gasteiger partial charge in [-0.1, -0.05) is 80.8 Å². The van der Waals surface area contributed by atoms with Gasteiger partial charge in [0.15, 0.2) is 0 Å². The summed E-state index contributed by atoms with van der Waals surface area (Å²) >= 11 is 6.01. The highest BCUT2D eigenvalue weighted by Gasteiger charge is 2.30. The largest absolute Gasteiger partial charge is 0.354 e. The summed E-state index contributed by atoms with van der Waals surface area (Å²) in [7, 11) is 0. The quantitative estimate of drug-likeness (QED) is 0.492. The van der Waals surface area contributed by atoms with Crippen molar-refractivity contribution in [3.8, 4) is 0 Å². The Bertz CT molecular complexity index is 762. The van der Waals surface area contributed by atoms with E-state index in [-0.39, 0.29) is 11.8 Å². The highest BCUT2D eigenvalue weighted by atomic mass is 35.5. The topological polar surface area (TPSA) is 49.4 Å². The minimum Gasteiger partial charge on any atom is -0.354 e. The Morgan fingerprint density at radius 3 is 2.28 bits per heavy atom. The summed E-state index contributed by atoms with van der Waals surface area (Å²) in [6.07, 6.45) is 4.23. The Labute approximate surface area is 179 Å². The van der Waals surface area contributed by atoms with Crippen LogP contribution in [0, 0.1) is 0 Å². The van der Waals surface area contributed by atoms with Gasteiger partial charge in [0.05, 0.1) is 0 Å². The van der Waals surface area contributed by atoms with E-state index in [1.165, 1.54) is 0 Å². The van der Waals surface area contributed by atoms with E-state index in [9.17, 15) is 9.59 Å². The summed E-state index contributed by atoms with van der Waals surface area (Å²) in [6.45, 7) is 5.08. The molecule has 1 atom stereocenters. The van der Waals surface area contributed by atoms with E-state index >= 15 is 0 Å². The third-order valence-corrected chi connectivity index (χ3v) is 5.06. The molecule has 0 bridgehead atoms. The molecular formula is C24H31ClN2O2. The number of amides is 2. The molecule has 1 N–H and O–H groups in total. The SMILES string of the molecule is CCCCCNC(=O)[C@@H](c1ccccc1)N(Cc1ccc(Cl)cc1)C(=O)CCC. The van der Waals surface area contributed by atoms with Gasteiger partial charge in [0.2, 0.25) is 11.8 Å². The third kappa shape index (κ3) is 7.21. The fourth-order valence-electron chi connectivity index (χ4n) is 3.26. The molecule has 2 aromatic rings. The highest BCUT2D eigenvalue weighted by molar-refractivity contribution is 6.30. The molecule has 0 unspecified atom stereocenters. The third-order valence-electron chi connectivity index (χ3n) is 4.81. The first-order valence-corrected chi connectivity index (χ1v) is 10.8. The molecule has 0 saturated heterocycles. The summed E-state index contributed by atoms with van der Waals surface area (Å²) in [5, 5.41) is 3.68. The van der Waals surface area contributed by atoms with Gasteiger partial charge in [-0.05, 0) is 36.1 Å². The van der Waals surface area contributed by atoms with Gasteiger partial charge in [-0.3, -0.25) is 9.59 Å². The number of carbonyl (C=O) groups is 2. The molecule has 0 aliphatic carbocycles. The number of hydrogen-bond acceptors (Lipinski definition) is 2. The summed E-state index contributed by atoms with van der Waals surface area (Å²) in [5.74, 6) is -0.161. The lowest BCUT2D eigenvalue weighted by Crippen LogP contribution is -2.43. The Morgan fingerprint density at radius 1 is 0.966 bits per heavy atom. The minimum atomic E-state index is -0.660. The number of carbonyl (C=O) groups excluding carboxylic acids is 2. The number of unbranched alkanes of at least 4 members (excludes halogenated alkanes) is 2. The molecule has 0 aromatic heterocycles. The van der Waals surface area contributed by atoms with Crippen LogP contribution >= 0.6 is 11.6 Å². The summed E-state index contributed by atoms with van der Waals surface area (Å²) in [4.78, 5) is 27.9. The number of nitrogens with zero attached hydrogens (tertiary/aromatic N) is 1.